The summed E-state index contributed by atoms with van der Waals surface area (Å²) in [6.07, 6.45) is 0.608. The number of aromatic nitrogens is 1. The van der Waals surface area contributed by atoms with Crippen LogP contribution >= 0.6 is 15.9 Å². The number of hydrogen-bond acceptors (Lipinski definition) is 3. The lowest BCUT2D eigenvalue weighted by Crippen LogP contribution is -2.25. The van der Waals surface area contributed by atoms with Gasteiger partial charge in [-0.1, -0.05) is 15.9 Å². The summed E-state index contributed by atoms with van der Waals surface area (Å²) in [4.78, 5) is 18.0. The highest BCUT2D eigenvalue weighted by molar-refractivity contribution is 9.09. The summed E-state index contributed by atoms with van der Waals surface area (Å²) < 4.78 is 5.06. The van der Waals surface area contributed by atoms with Gasteiger partial charge in [-0.25, -0.2) is 4.98 Å². The predicted molar refractivity (Wildman–Crippen MR) is 69.8 cm³/mol. The fraction of sp³-hybridized carbons (Fsp3) is 0.500. The summed E-state index contributed by atoms with van der Waals surface area (Å²) in [5, 5.41) is 0.859. The zero-order chi connectivity index (χ0) is 12.4. The first-order valence-corrected chi connectivity index (χ1v) is 6.65. The van der Waals surface area contributed by atoms with E-state index in [9.17, 15) is 4.79 Å². The number of rotatable bonds is 3. The molecule has 1 atom stereocenters. The molecule has 92 valence electrons. The van der Waals surface area contributed by atoms with E-state index in [-0.39, 0.29) is 5.91 Å². The number of aryl methyl sites for hydroxylation is 1. The van der Waals surface area contributed by atoms with Crippen LogP contribution in [0.25, 0.3) is 0 Å². The number of alkyl halides is 1. The number of carbonyl (C=O) groups excluding carboxylic acids is 1. The third kappa shape index (κ3) is 2.44. The smallest absolute Gasteiger partial charge is 0.227 e. The molecule has 0 saturated carbocycles. The summed E-state index contributed by atoms with van der Waals surface area (Å²) in [6.45, 7) is 2.66. The third-order valence-corrected chi connectivity index (χ3v) is 3.87. The minimum absolute atomic E-state index is 0.171. The Morgan fingerprint density at radius 3 is 2.88 bits per heavy atom. The van der Waals surface area contributed by atoms with E-state index in [1.54, 1.807) is 13.2 Å². The van der Waals surface area contributed by atoms with Gasteiger partial charge in [0.15, 0.2) is 0 Å². The zero-order valence-electron chi connectivity index (χ0n) is 9.94. The molecule has 17 heavy (non-hydrogen) atoms. The molecule has 1 fully saturated rings. The van der Waals surface area contributed by atoms with Gasteiger partial charge in [0.05, 0.1) is 18.5 Å². The van der Waals surface area contributed by atoms with E-state index in [1.165, 1.54) is 0 Å². The van der Waals surface area contributed by atoms with Gasteiger partial charge >= 0.3 is 0 Å². The lowest BCUT2D eigenvalue weighted by atomic mass is 10.2. The summed E-state index contributed by atoms with van der Waals surface area (Å²) in [6, 6.07) is 3.69. The van der Waals surface area contributed by atoms with E-state index in [1.807, 2.05) is 17.9 Å². The van der Waals surface area contributed by atoms with Gasteiger partial charge < -0.3 is 9.64 Å². The van der Waals surface area contributed by atoms with Crippen LogP contribution in [-0.4, -0.2) is 29.9 Å². The van der Waals surface area contributed by atoms with Crippen LogP contribution in [0.2, 0.25) is 0 Å². The van der Waals surface area contributed by atoms with Crippen molar-refractivity contribution >= 4 is 27.5 Å². The van der Waals surface area contributed by atoms with Gasteiger partial charge in [0, 0.05) is 24.4 Å². The summed E-state index contributed by atoms with van der Waals surface area (Å²) in [5.74, 6) is 1.14. The first kappa shape index (κ1) is 12.4. The number of ether oxygens (including phenoxy) is 1. The van der Waals surface area contributed by atoms with E-state index in [4.69, 9.17) is 4.74 Å². The van der Waals surface area contributed by atoms with E-state index in [0.717, 1.165) is 23.3 Å². The minimum Gasteiger partial charge on any atom is -0.481 e. The third-order valence-electron chi connectivity index (χ3n) is 2.96. The molecule has 1 aromatic heterocycles. The normalized spacial score (nSPS) is 19.8. The SMILES string of the molecule is COc1ccc(N2CC(CBr)CC2=O)c(C)n1. The summed E-state index contributed by atoms with van der Waals surface area (Å²) in [5.41, 5.74) is 1.71. The fourth-order valence-electron chi connectivity index (χ4n) is 2.05. The van der Waals surface area contributed by atoms with Gasteiger partial charge in [-0.2, -0.15) is 0 Å². The zero-order valence-corrected chi connectivity index (χ0v) is 11.5. The van der Waals surface area contributed by atoms with Gasteiger partial charge in [-0.3, -0.25) is 4.79 Å². The molecule has 5 heteroatoms. The maximum absolute atomic E-state index is 11.9. The average Bonchev–Trinajstić information content (AvgIpc) is 2.70. The first-order chi connectivity index (χ1) is 8.15. The van der Waals surface area contributed by atoms with Crippen molar-refractivity contribution in [3.63, 3.8) is 0 Å². The molecule has 1 aliphatic heterocycles. The Morgan fingerprint density at radius 1 is 1.59 bits per heavy atom. The largest absolute Gasteiger partial charge is 0.481 e. The van der Waals surface area contributed by atoms with E-state index < -0.39 is 0 Å². The Labute approximate surface area is 109 Å². The molecule has 0 aliphatic carbocycles. The van der Waals surface area contributed by atoms with Gasteiger partial charge in [0.25, 0.3) is 0 Å². The Hall–Kier alpha value is -1.10. The monoisotopic (exact) mass is 298 g/mol. The second kappa shape index (κ2) is 5.04. The van der Waals surface area contributed by atoms with Crippen LogP contribution in [0.5, 0.6) is 5.88 Å². The Bertz CT molecular complexity index is 437. The average molecular weight is 299 g/mol. The van der Waals surface area contributed by atoms with E-state index in [0.29, 0.717) is 18.2 Å². The van der Waals surface area contributed by atoms with Crippen LogP contribution in [0.1, 0.15) is 12.1 Å². The number of amides is 1. The van der Waals surface area contributed by atoms with Crippen molar-refractivity contribution in [3.8, 4) is 5.88 Å². The lowest BCUT2D eigenvalue weighted by Gasteiger charge is -2.18. The van der Waals surface area contributed by atoms with Crippen molar-refractivity contribution in [2.24, 2.45) is 5.92 Å². The number of pyridine rings is 1. The molecule has 1 aliphatic rings. The Morgan fingerprint density at radius 2 is 2.35 bits per heavy atom. The second-order valence-electron chi connectivity index (χ2n) is 4.19. The topological polar surface area (TPSA) is 42.4 Å². The molecule has 0 spiro atoms. The molecule has 0 aromatic carbocycles. The predicted octanol–water partition coefficient (Wildman–Crippen LogP) is 2.15. The lowest BCUT2D eigenvalue weighted by molar-refractivity contribution is -0.117. The number of carbonyl (C=O) groups is 1. The second-order valence-corrected chi connectivity index (χ2v) is 4.83. The molecule has 2 heterocycles. The number of hydrogen-bond donors (Lipinski definition) is 0. The van der Waals surface area contributed by atoms with Crippen LogP contribution in [-0.2, 0) is 4.79 Å². The maximum Gasteiger partial charge on any atom is 0.227 e. The number of methoxy groups -OCH3 is 1. The highest BCUT2D eigenvalue weighted by Gasteiger charge is 2.30. The molecule has 0 bridgehead atoms. The molecule has 1 saturated heterocycles. The number of halogens is 1. The molecular weight excluding hydrogens is 284 g/mol. The molecule has 4 nitrogen and oxygen atoms in total. The van der Waals surface area contributed by atoms with Gasteiger partial charge in [-0.05, 0) is 18.9 Å². The standard InChI is InChI=1S/C12H15BrN2O2/c1-8-10(3-4-11(14-8)17-2)15-7-9(6-13)5-12(15)16/h3-4,9H,5-7H2,1-2H3. The molecule has 1 amide bonds. The highest BCUT2D eigenvalue weighted by Crippen LogP contribution is 2.28. The summed E-state index contributed by atoms with van der Waals surface area (Å²) in [7, 11) is 1.59. The quantitative estimate of drug-likeness (QED) is 0.803. The van der Waals surface area contributed by atoms with Crippen molar-refractivity contribution in [2.75, 3.05) is 23.9 Å². The van der Waals surface area contributed by atoms with E-state index >= 15 is 0 Å². The highest BCUT2D eigenvalue weighted by atomic mass is 79.9. The minimum atomic E-state index is 0.171. The number of nitrogens with zero attached hydrogens (tertiary/aromatic N) is 2. The van der Waals surface area contributed by atoms with Crippen LogP contribution in [0.15, 0.2) is 12.1 Å². The van der Waals surface area contributed by atoms with E-state index in [2.05, 4.69) is 20.9 Å². The van der Waals surface area contributed by atoms with Crippen molar-refractivity contribution < 1.29 is 9.53 Å². The molecular formula is C12H15BrN2O2. The Balaban J connectivity index is 2.26. The first-order valence-electron chi connectivity index (χ1n) is 5.53. The molecule has 0 radical (unpaired) electrons. The fourth-order valence-corrected chi connectivity index (χ4v) is 2.48. The van der Waals surface area contributed by atoms with Gasteiger partial charge in [-0.15, -0.1) is 0 Å². The van der Waals surface area contributed by atoms with Crippen molar-refractivity contribution in [1.82, 2.24) is 4.98 Å². The van der Waals surface area contributed by atoms with Crippen LogP contribution in [0.4, 0.5) is 5.69 Å². The molecule has 1 aromatic rings. The van der Waals surface area contributed by atoms with Crippen LogP contribution < -0.4 is 9.64 Å². The van der Waals surface area contributed by atoms with Gasteiger partial charge in [0.2, 0.25) is 11.8 Å². The van der Waals surface area contributed by atoms with Crippen molar-refractivity contribution in [3.05, 3.63) is 17.8 Å². The maximum atomic E-state index is 11.9. The van der Waals surface area contributed by atoms with Crippen molar-refractivity contribution in [2.45, 2.75) is 13.3 Å². The van der Waals surface area contributed by atoms with Crippen LogP contribution in [0, 0.1) is 12.8 Å². The molecule has 2 rings (SSSR count). The molecule has 1 unspecified atom stereocenters. The summed E-state index contributed by atoms with van der Waals surface area (Å²) >= 11 is 3.43. The molecule has 0 N–H and O–H groups in total. The van der Waals surface area contributed by atoms with Crippen LogP contribution in [0.3, 0.4) is 0 Å². The van der Waals surface area contributed by atoms with Gasteiger partial charge in [0.1, 0.15) is 0 Å². The Kier molecular flexibility index (Phi) is 3.66. The van der Waals surface area contributed by atoms with Crippen molar-refractivity contribution in [1.29, 1.82) is 0 Å². The number of anilines is 1.